The van der Waals surface area contributed by atoms with E-state index in [9.17, 15) is 5.11 Å². The van der Waals surface area contributed by atoms with Crippen molar-refractivity contribution in [2.24, 2.45) is 0 Å². The lowest BCUT2D eigenvalue weighted by Gasteiger charge is -2.20. The third kappa shape index (κ3) is 3.97. The lowest BCUT2D eigenvalue weighted by atomic mass is 10.2. The number of hydrogen-bond acceptors (Lipinski definition) is 3. The number of aliphatic hydroxyl groups is 1. The van der Waals surface area contributed by atoms with Crippen molar-refractivity contribution in [3.63, 3.8) is 0 Å². The summed E-state index contributed by atoms with van der Waals surface area (Å²) in [6, 6.07) is 6.17. The van der Waals surface area contributed by atoms with E-state index in [1.165, 1.54) is 18.4 Å². The molecule has 18 heavy (non-hydrogen) atoms. The Morgan fingerprint density at radius 3 is 2.78 bits per heavy atom. The molecule has 2 rings (SSSR count). The minimum atomic E-state index is -0.303. The first kappa shape index (κ1) is 13.8. The first-order valence-electron chi connectivity index (χ1n) is 6.55. The number of anilines is 1. The molecule has 0 bridgehead atoms. The van der Waals surface area contributed by atoms with Gasteiger partial charge >= 0.3 is 0 Å². The van der Waals surface area contributed by atoms with Gasteiger partial charge in [-0.1, -0.05) is 22.0 Å². The highest BCUT2D eigenvalue weighted by atomic mass is 79.9. The molecule has 0 spiro atoms. The number of aliphatic hydroxyl groups excluding tert-OH is 1. The van der Waals surface area contributed by atoms with E-state index in [0.29, 0.717) is 6.54 Å². The van der Waals surface area contributed by atoms with Gasteiger partial charge in [0.25, 0.3) is 0 Å². The molecule has 0 saturated carbocycles. The average molecular weight is 313 g/mol. The van der Waals surface area contributed by atoms with Gasteiger partial charge in [-0.25, -0.2) is 0 Å². The van der Waals surface area contributed by atoms with Crippen LogP contribution >= 0.6 is 15.9 Å². The van der Waals surface area contributed by atoms with Gasteiger partial charge in [0.15, 0.2) is 0 Å². The molecular weight excluding hydrogens is 292 g/mol. The molecule has 1 heterocycles. The second-order valence-corrected chi connectivity index (χ2v) is 5.86. The largest absolute Gasteiger partial charge is 0.390 e. The van der Waals surface area contributed by atoms with Crippen LogP contribution in [0, 0.1) is 6.92 Å². The van der Waals surface area contributed by atoms with Crippen molar-refractivity contribution < 1.29 is 5.11 Å². The summed E-state index contributed by atoms with van der Waals surface area (Å²) in [4.78, 5) is 2.33. The smallest absolute Gasteiger partial charge is 0.0839 e. The predicted molar refractivity (Wildman–Crippen MR) is 79.0 cm³/mol. The highest BCUT2D eigenvalue weighted by Crippen LogP contribution is 2.20. The highest BCUT2D eigenvalue weighted by Gasteiger charge is 2.15. The summed E-state index contributed by atoms with van der Waals surface area (Å²) in [6.45, 7) is 5.71. The van der Waals surface area contributed by atoms with E-state index in [2.05, 4.69) is 45.2 Å². The van der Waals surface area contributed by atoms with Crippen molar-refractivity contribution in [2.45, 2.75) is 25.9 Å². The number of β-amino-alcohol motifs (C(OH)–C–C–N with tert-alkyl or cyclic N) is 1. The van der Waals surface area contributed by atoms with Crippen LogP contribution in [0.5, 0.6) is 0 Å². The number of benzene rings is 1. The first-order chi connectivity index (χ1) is 8.65. The normalized spacial score (nSPS) is 17.9. The quantitative estimate of drug-likeness (QED) is 0.877. The van der Waals surface area contributed by atoms with Crippen LogP contribution < -0.4 is 5.32 Å². The zero-order valence-electron chi connectivity index (χ0n) is 10.8. The predicted octanol–water partition coefficient (Wildman–Crippen LogP) is 2.63. The molecule has 1 atom stereocenters. The summed E-state index contributed by atoms with van der Waals surface area (Å²) in [6.07, 6.45) is 2.24. The van der Waals surface area contributed by atoms with Crippen molar-refractivity contribution in [2.75, 3.05) is 31.5 Å². The molecule has 100 valence electrons. The van der Waals surface area contributed by atoms with Crippen molar-refractivity contribution in [3.8, 4) is 0 Å². The fourth-order valence-corrected chi connectivity index (χ4v) is 2.65. The van der Waals surface area contributed by atoms with E-state index in [1.54, 1.807) is 0 Å². The maximum atomic E-state index is 9.98. The standard InChI is InChI=1S/C14H21BrN2O/c1-11-4-5-12(8-14(11)15)16-9-13(18)10-17-6-2-3-7-17/h4-5,8,13,16,18H,2-3,6-7,9-10H2,1H3. The number of aryl methyl sites for hydroxylation is 1. The van der Waals surface area contributed by atoms with E-state index in [4.69, 9.17) is 0 Å². The van der Waals surface area contributed by atoms with Crippen molar-refractivity contribution >= 4 is 21.6 Å². The van der Waals surface area contributed by atoms with Gasteiger partial charge in [-0.15, -0.1) is 0 Å². The van der Waals surface area contributed by atoms with E-state index in [-0.39, 0.29) is 6.10 Å². The first-order valence-corrected chi connectivity index (χ1v) is 7.35. The van der Waals surface area contributed by atoms with Crippen molar-refractivity contribution in [3.05, 3.63) is 28.2 Å². The third-order valence-electron chi connectivity index (χ3n) is 3.38. The third-order valence-corrected chi connectivity index (χ3v) is 4.24. The number of nitrogens with one attached hydrogen (secondary N) is 1. The second kappa shape index (κ2) is 6.55. The Labute approximate surface area is 117 Å². The van der Waals surface area contributed by atoms with Gasteiger partial charge < -0.3 is 15.3 Å². The molecule has 0 aromatic heterocycles. The fourth-order valence-electron chi connectivity index (χ4n) is 2.27. The number of rotatable bonds is 5. The topological polar surface area (TPSA) is 35.5 Å². The number of hydrogen-bond donors (Lipinski definition) is 2. The van der Waals surface area contributed by atoms with Crippen LogP contribution in [0.3, 0.4) is 0 Å². The fraction of sp³-hybridized carbons (Fsp3) is 0.571. The van der Waals surface area contributed by atoms with Gasteiger partial charge in [-0.2, -0.15) is 0 Å². The van der Waals surface area contributed by atoms with Gasteiger partial charge in [0.2, 0.25) is 0 Å². The Morgan fingerprint density at radius 1 is 1.39 bits per heavy atom. The molecule has 1 unspecified atom stereocenters. The van der Waals surface area contributed by atoms with Crippen molar-refractivity contribution in [1.29, 1.82) is 0 Å². The molecule has 0 aliphatic carbocycles. The molecular formula is C14H21BrN2O. The molecule has 1 fully saturated rings. The molecule has 1 aliphatic heterocycles. The summed E-state index contributed by atoms with van der Waals surface area (Å²) in [5.74, 6) is 0. The summed E-state index contributed by atoms with van der Waals surface area (Å²) < 4.78 is 1.10. The van der Waals surface area contributed by atoms with E-state index in [1.807, 2.05) is 6.07 Å². The summed E-state index contributed by atoms with van der Waals surface area (Å²) >= 11 is 3.51. The zero-order valence-corrected chi connectivity index (χ0v) is 12.4. The number of nitrogens with zero attached hydrogens (tertiary/aromatic N) is 1. The van der Waals surface area contributed by atoms with Gasteiger partial charge in [0, 0.05) is 23.2 Å². The second-order valence-electron chi connectivity index (χ2n) is 5.01. The van der Waals surface area contributed by atoms with Gasteiger partial charge in [-0.05, 0) is 50.6 Å². The lowest BCUT2D eigenvalue weighted by molar-refractivity contribution is 0.135. The zero-order chi connectivity index (χ0) is 13.0. The van der Waals surface area contributed by atoms with Gasteiger partial charge in [0.05, 0.1) is 6.10 Å². The van der Waals surface area contributed by atoms with Crippen LogP contribution in [-0.4, -0.2) is 42.3 Å². The van der Waals surface area contributed by atoms with E-state index < -0.39 is 0 Å². The Morgan fingerprint density at radius 2 is 2.11 bits per heavy atom. The summed E-state index contributed by atoms with van der Waals surface area (Å²) in [5.41, 5.74) is 2.27. The monoisotopic (exact) mass is 312 g/mol. The molecule has 1 aliphatic rings. The van der Waals surface area contributed by atoms with Crippen molar-refractivity contribution in [1.82, 2.24) is 4.90 Å². The molecule has 0 radical (unpaired) electrons. The van der Waals surface area contributed by atoms with Crippen LogP contribution in [0.1, 0.15) is 18.4 Å². The summed E-state index contributed by atoms with van der Waals surface area (Å²) in [5, 5.41) is 13.3. The Hall–Kier alpha value is -0.580. The van der Waals surface area contributed by atoms with E-state index >= 15 is 0 Å². The van der Waals surface area contributed by atoms with Crippen LogP contribution in [-0.2, 0) is 0 Å². The molecule has 1 saturated heterocycles. The SMILES string of the molecule is Cc1ccc(NCC(O)CN2CCCC2)cc1Br. The maximum Gasteiger partial charge on any atom is 0.0839 e. The molecule has 2 N–H and O–H groups in total. The minimum absolute atomic E-state index is 0.303. The summed E-state index contributed by atoms with van der Waals surface area (Å²) in [7, 11) is 0. The average Bonchev–Trinajstić information content (AvgIpc) is 2.83. The maximum absolute atomic E-state index is 9.98. The Balaban J connectivity index is 1.77. The Kier molecular flexibility index (Phi) is 5.03. The Bertz CT molecular complexity index is 391. The van der Waals surface area contributed by atoms with E-state index in [0.717, 1.165) is 29.8 Å². The number of halogens is 1. The van der Waals surface area contributed by atoms with Crippen LogP contribution in [0.15, 0.2) is 22.7 Å². The lowest BCUT2D eigenvalue weighted by Crippen LogP contribution is -2.34. The van der Waals surface area contributed by atoms with Gasteiger partial charge in [-0.3, -0.25) is 0 Å². The number of likely N-dealkylation sites (tertiary alicyclic amines) is 1. The molecule has 0 amide bonds. The molecule has 4 heteroatoms. The van der Waals surface area contributed by atoms with Gasteiger partial charge in [0.1, 0.15) is 0 Å². The molecule has 3 nitrogen and oxygen atoms in total. The van der Waals surface area contributed by atoms with Crippen LogP contribution in [0.2, 0.25) is 0 Å². The highest BCUT2D eigenvalue weighted by molar-refractivity contribution is 9.10. The van der Waals surface area contributed by atoms with Crippen LogP contribution in [0.25, 0.3) is 0 Å². The van der Waals surface area contributed by atoms with Crippen LogP contribution in [0.4, 0.5) is 5.69 Å². The molecule has 1 aromatic rings. The molecule has 1 aromatic carbocycles. The minimum Gasteiger partial charge on any atom is -0.390 e.